The zero-order valence-corrected chi connectivity index (χ0v) is 10.9. The highest BCUT2D eigenvalue weighted by Gasteiger charge is 2.40. The molecule has 4 nitrogen and oxygen atoms in total. The van der Waals surface area contributed by atoms with Crippen LogP contribution in [0.3, 0.4) is 0 Å². The number of hydrogen-bond donors (Lipinski definition) is 1. The highest BCUT2D eigenvalue weighted by molar-refractivity contribution is 5.81. The van der Waals surface area contributed by atoms with Gasteiger partial charge in [-0.15, -0.1) is 0 Å². The van der Waals surface area contributed by atoms with E-state index >= 15 is 0 Å². The van der Waals surface area contributed by atoms with Crippen LogP contribution in [0, 0.1) is 0 Å². The number of halogens is 3. The van der Waals surface area contributed by atoms with Gasteiger partial charge in [0.1, 0.15) is 0 Å². The second kappa shape index (κ2) is 6.21. The molecule has 2 heterocycles. The lowest BCUT2D eigenvalue weighted by Gasteiger charge is -2.32. The van der Waals surface area contributed by atoms with Crippen LogP contribution in [0.15, 0.2) is 24.5 Å². The van der Waals surface area contributed by atoms with Gasteiger partial charge in [0.05, 0.1) is 0 Å². The van der Waals surface area contributed by atoms with Crippen molar-refractivity contribution >= 4 is 5.91 Å². The molecule has 0 atom stereocenters. The SMILES string of the molecule is O=C(NC1CCN(Cc2cccnc2)CC1)C(F)(F)F. The first-order valence-electron chi connectivity index (χ1n) is 6.44. The standard InChI is InChI=1S/C13H16F3N3O/c14-13(15,16)12(20)18-11-3-6-19(7-4-11)9-10-2-1-5-17-8-10/h1-2,5,8,11H,3-4,6-7,9H2,(H,18,20). The van der Waals surface area contributed by atoms with Crippen molar-refractivity contribution in [3.05, 3.63) is 30.1 Å². The molecular formula is C13H16F3N3O. The molecule has 1 aliphatic heterocycles. The van der Waals surface area contributed by atoms with Crippen molar-refractivity contribution < 1.29 is 18.0 Å². The van der Waals surface area contributed by atoms with Crippen molar-refractivity contribution in [1.82, 2.24) is 15.2 Å². The Morgan fingerprint density at radius 3 is 2.65 bits per heavy atom. The maximum absolute atomic E-state index is 12.1. The van der Waals surface area contributed by atoms with Crippen LogP contribution >= 0.6 is 0 Å². The van der Waals surface area contributed by atoms with Crippen molar-refractivity contribution in [1.29, 1.82) is 0 Å². The number of hydrogen-bond acceptors (Lipinski definition) is 3. The molecule has 110 valence electrons. The van der Waals surface area contributed by atoms with Crippen LogP contribution < -0.4 is 5.32 Å². The third-order valence-corrected chi connectivity index (χ3v) is 3.31. The Kier molecular flexibility index (Phi) is 4.59. The maximum atomic E-state index is 12.1. The predicted octanol–water partition coefficient (Wildman–Crippen LogP) is 1.72. The fourth-order valence-corrected chi connectivity index (χ4v) is 2.25. The summed E-state index contributed by atoms with van der Waals surface area (Å²) >= 11 is 0. The lowest BCUT2D eigenvalue weighted by molar-refractivity contribution is -0.174. The van der Waals surface area contributed by atoms with Gasteiger partial charge >= 0.3 is 12.1 Å². The summed E-state index contributed by atoms with van der Waals surface area (Å²) in [5, 5.41) is 2.04. The van der Waals surface area contributed by atoms with Gasteiger partial charge in [-0.05, 0) is 24.5 Å². The minimum atomic E-state index is -4.80. The average Bonchev–Trinajstić information content (AvgIpc) is 2.41. The van der Waals surface area contributed by atoms with E-state index in [1.807, 2.05) is 17.4 Å². The molecular weight excluding hydrogens is 271 g/mol. The van der Waals surface area contributed by atoms with Gasteiger partial charge in [-0.2, -0.15) is 13.2 Å². The molecule has 1 fully saturated rings. The summed E-state index contributed by atoms with van der Waals surface area (Å²) < 4.78 is 36.4. The normalized spacial score (nSPS) is 17.9. The largest absolute Gasteiger partial charge is 0.471 e. The van der Waals surface area contributed by atoms with Gasteiger partial charge in [-0.3, -0.25) is 14.7 Å². The van der Waals surface area contributed by atoms with Crippen molar-refractivity contribution in [3.8, 4) is 0 Å². The first-order chi connectivity index (χ1) is 9.45. The predicted molar refractivity (Wildman–Crippen MR) is 66.7 cm³/mol. The molecule has 0 bridgehead atoms. The maximum Gasteiger partial charge on any atom is 0.471 e. The Balaban J connectivity index is 1.77. The van der Waals surface area contributed by atoms with Crippen molar-refractivity contribution in [2.75, 3.05) is 13.1 Å². The number of nitrogens with zero attached hydrogens (tertiary/aromatic N) is 2. The van der Waals surface area contributed by atoms with E-state index in [1.54, 1.807) is 12.4 Å². The molecule has 1 aliphatic rings. The third kappa shape index (κ3) is 4.19. The number of likely N-dealkylation sites (tertiary alicyclic amines) is 1. The number of alkyl halides is 3. The topological polar surface area (TPSA) is 45.2 Å². The highest BCUT2D eigenvalue weighted by atomic mass is 19.4. The van der Waals surface area contributed by atoms with Crippen molar-refractivity contribution in [2.24, 2.45) is 0 Å². The summed E-state index contributed by atoms with van der Waals surface area (Å²) in [6, 6.07) is 3.42. The minimum Gasteiger partial charge on any atom is -0.345 e. The molecule has 20 heavy (non-hydrogen) atoms. The second-order valence-corrected chi connectivity index (χ2v) is 4.88. The Labute approximate surface area is 115 Å². The smallest absolute Gasteiger partial charge is 0.345 e. The molecule has 0 unspecified atom stereocenters. The van der Waals surface area contributed by atoms with Gasteiger partial charge in [0, 0.05) is 38.1 Å². The molecule has 1 aromatic rings. The number of carbonyl (C=O) groups excluding carboxylic acids is 1. The zero-order valence-electron chi connectivity index (χ0n) is 10.9. The molecule has 1 amide bonds. The summed E-state index contributed by atoms with van der Waals surface area (Å²) in [6.07, 6.45) is -0.267. The zero-order chi connectivity index (χ0) is 14.6. The van der Waals surface area contributed by atoms with Crippen LogP contribution in [0.1, 0.15) is 18.4 Å². The average molecular weight is 287 g/mol. The molecule has 0 aromatic carbocycles. The lowest BCUT2D eigenvalue weighted by atomic mass is 10.0. The number of rotatable bonds is 3. The van der Waals surface area contributed by atoms with Gasteiger partial charge in [-0.1, -0.05) is 6.07 Å². The van der Waals surface area contributed by atoms with Crippen molar-refractivity contribution in [2.45, 2.75) is 31.6 Å². The van der Waals surface area contributed by atoms with E-state index in [1.165, 1.54) is 0 Å². The molecule has 0 spiro atoms. The Bertz CT molecular complexity index is 442. The monoisotopic (exact) mass is 287 g/mol. The molecule has 0 radical (unpaired) electrons. The highest BCUT2D eigenvalue weighted by Crippen LogP contribution is 2.18. The Morgan fingerprint density at radius 2 is 2.10 bits per heavy atom. The third-order valence-electron chi connectivity index (χ3n) is 3.31. The first kappa shape index (κ1) is 14.8. The van der Waals surface area contributed by atoms with Crippen LogP contribution in [-0.4, -0.2) is 41.1 Å². The number of amides is 1. The number of nitrogens with one attached hydrogen (secondary N) is 1. The second-order valence-electron chi connectivity index (χ2n) is 4.88. The summed E-state index contributed by atoms with van der Waals surface area (Å²) in [6.45, 7) is 2.06. The number of carbonyl (C=O) groups is 1. The summed E-state index contributed by atoms with van der Waals surface area (Å²) in [5.74, 6) is -1.84. The minimum absolute atomic E-state index is 0.394. The fraction of sp³-hybridized carbons (Fsp3) is 0.538. The quantitative estimate of drug-likeness (QED) is 0.921. The van der Waals surface area contributed by atoms with E-state index in [0.717, 1.165) is 12.1 Å². The van der Waals surface area contributed by atoms with Crippen LogP contribution in [0.4, 0.5) is 13.2 Å². The molecule has 7 heteroatoms. The van der Waals surface area contributed by atoms with E-state index < -0.39 is 18.1 Å². The van der Waals surface area contributed by atoms with Crippen LogP contribution in [-0.2, 0) is 11.3 Å². The summed E-state index contributed by atoms with van der Waals surface area (Å²) in [5.41, 5.74) is 1.07. The van der Waals surface area contributed by atoms with Gasteiger partial charge < -0.3 is 5.32 Å². The van der Waals surface area contributed by atoms with Crippen LogP contribution in [0.5, 0.6) is 0 Å². The Morgan fingerprint density at radius 1 is 1.40 bits per heavy atom. The molecule has 0 aliphatic carbocycles. The van der Waals surface area contributed by atoms with Crippen molar-refractivity contribution in [3.63, 3.8) is 0 Å². The van der Waals surface area contributed by atoms with E-state index in [9.17, 15) is 18.0 Å². The number of piperidine rings is 1. The Hall–Kier alpha value is -1.63. The van der Waals surface area contributed by atoms with Crippen LogP contribution in [0.25, 0.3) is 0 Å². The van der Waals surface area contributed by atoms with Gasteiger partial charge in [-0.25, -0.2) is 0 Å². The fourth-order valence-electron chi connectivity index (χ4n) is 2.25. The van der Waals surface area contributed by atoms with E-state index in [4.69, 9.17) is 0 Å². The number of pyridine rings is 1. The molecule has 1 saturated heterocycles. The van der Waals surface area contributed by atoms with Gasteiger partial charge in [0.2, 0.25) is 0 Å². The summed E-state index contributed by atoms with van der Waals surface area (Å²) in [4.78, 5) is 17.0. The first-order valence-corrected chi connectivity index (χ1v) is 6.44. The molecule has 0 saturated carbocycles. The number of aromatic nitrogens is 1. The molecule has 2 rings (SSSR count). The van der Waals surface area contributed by atoms with E-state index in [2.05, 4.69) is 9.88 Å². The van der Waals surface area contributed by atoms with E-state index in [-0.39, 0.29) is 0 Å². The van der Waals surface area contributed by atoms with E-state index in [0.29, 0.717) is 25.9 Å². The van der Waals surface area contributed by atoms with Gasteiger partial charge in [0.25, 0.3) is 0 Å². The van der Waals surface area contributed by atoms with Crippen LogP contribution in [0.2, 0.25) is 0 Å². The molecule has 1 N–H and O–H groups in total. The summed E-state index contributed by atoms with van der Waals surface area (Å²) in [7, 11) is 0. The lowest BCUT2D eigenvalue weighted by Crippen LogP contribution is -2.48. The van der Waals surface area contributed by atoms with Gasteiger partial charge in [0.15, 0.2) is 0 Å². The molecule has 1 aromatic heterocycles.